The molecule has 23 heavy (non-hydrogen) atoms. The molecule has 0 fully saturated rings. The standard InChI is InChI=1S/C17H15N3O2S/c18-9-8-17(10-4-2-1-3-5-10)7-6-11-12(15(19)22)16(20)23-13(11)14(17)21/h1-5H,6-8,20H2,(H2,19,22). The molecule has 0 aliphatic heterocycles. The van der Waals surface area contributed by atoms with Gasteiger partial charge in [-0.25, -0.2) is 0 Å². The van der Waals surface area contributed by atoms with Crippen LogP contribution in [0, 0.1) is 11.3 Å². The molecule has 2 aromatic rings. The summed E-state index contributed by atoms with van der Waals surface area (Å²) in [6.45, 7) is 0. The monoisotopic (exact) mass is 325 g/mol. The van der Waals surface area contributed by atoms with Crippen molar-refractivity contribution in [2.45, 2.75) is 24.7 Å². The van der Waals surface area contributed by atoms with Gasteiger partial charge in [0.25, 0.3) is 5.91 Å². The fourth-order valence-electron chi connectivity index (χ4n) is 3.28. The third-order valence-electron chi connectivity index (χ3n) is 4.43. The summed E-state index contributed by atoms with van der Waals surface area (Å²) in [5.41, 5.74) is 12.1. The Kier molecular flexibility index (Phi) is 3.66. The normalized spacial score (nSPS) is 19.9. The first kappa shape index (κ1) is 15.3. The molecule has 6 heteroatoms. The van der Waals surface area contributed by atoms with Crippen LogP contribution in [0.3, 0.4) is 0 Å². The highest BCUT2D eigenvalue weighted by Gasteiger charge is 2.46. The van der Waals surface area contributed by atoms with Gasteiger partial charge in [0.1, 0.15) is 0 Å². The molecule has 3 rings (SSSR count). The van der Waals surface area contributed by atoms with Crippen molar-refractivity contribution >= 4 is 28.0 Å². The van der Waals surface area contributed by atoms with Crippen LogP contribution in [0.4, 0.5) is 5.00 Å². The van der Waals surface area contributed by atoms with E-state index in [0.29, 0.717) is 23.3 Å². The van der Waals surface area contributed by atoms with Crippen LogP contribution in [0.5, 0.6) is 0 Å². The van der Waals surface area contributed by atoms with E-state index in [4.69, 9.17) is 11.5 Å². The van der Waals surface area contributed by atoms with Crippen molar-refractivity contribution in [3.63, 3.8) is 0 Å². The molecule has 4 N–H and O–H groups in total. The predicted octanol–water partition coefficient (Wildman–Crippen LogP) is 2.41. The van der Waals surface area contributed by atoms with Crippen LogP contribution in [-0.4, -0.2) is 11.7 Å². The molecule has 0 bridgehead atoms. The molecule has 0 radical (unpaired) electrons. The molecule has 1 aliphatic rings. The summed E-state index contributed by atoms with van der Waals surface area (Å²) >= 11 is 1.09. The van der Waals surface area contributed by atoms with Gasteiger partial charge in [-0.3, -0.25) is 9.59 Å². The van der Waals surface area contributed by atoms with Crippen molar-refractivity contribution in [2.75, 3.05) is 5.73 Å². The topological polar surface area (TPSA) is 110 Å². The lowest BCUT2D eigenvalue weighted by atomic mass is 9.66. The van der Waals surface area contributed by atoms with Crippen LogP contribution in [0.25, 0.3) is 0 Å². The van der Waals surface area contributed by atoms with Crippen LogP contribution < -0.4 is 11.5 Å². The van der Waals surface area contributed by atoms with Gasteiger partial charge in [0.2, 0.25) is 0 Å². The van der Waals surface area contributed by atoms with Gasteiger partial charge in [-0.1, -0.05) is 30.3 Å². The van der Waals surface area contributed by atoms with Crippen LogP contribution in [0.15, 0.2) is 30.3 Å². The van der Waals surface area contributed by atoms with E-state index in [2.05, 4.69) is 6.07 Å². The van der Waals surface area contributed by atoms with Crippen molar-refractivity contribution in [1.29, 1.82) is 5.26 Å². The average Bonchev–Trinajstić information content (AvgIpc) is 2.88. The minimum Gasteiger partial charge on any atom is -0.390 e. The number of thiophene rings is 1. The van der Waals surface area contributed by atoms with E-state index < -0.39 is 11.3 Å². The maximum absolute atomic E-state index is 13.2. The van der Waals surface area contributed by atoms with E-state index in [-0.39, 0.29) is 22.8 Å². The Morgan fingerprint density at radius 1 is 1.35 bits per heavy atom. The minimum absolute atomic E-state index is 0.0962. The van der Waals surface area contributed by atoms with Gasteiger partial charge in [0, 0.05) is 0 Å². The fourth-order valence-corrected chi connectivity index (χ4v) is 4.45. The van der Waals surface area contributed by atoms with Crippen molar-refractivity contribution < 1.29 is 9.59 Å². The number of primary amides is 1. The second kappa shape index (κ2) is 5.52. The Bertz CT molecular complexity index is 836. The largest absolute Gasteiger partial charge is 0.390 e. The molecule has 1 atom stereocenters. The molecule has 1 aliphatic carbocycles. The van der Waals surface area contributed by atoms with Crippen LogP contribution in [-0.2, 0) is 11.8 Å². The lowest BCUT2D eigenvalue weighted by Crippen LogP contribution is -2.39. The molecule has 1 unspecified atom stereocenters. The average molecular weight is 325 g/mol. The maximum Gasteiger partial charge on any atom is 0.251 e. The smallest absolute Gasteiger partial charge is 0.251 e. The minimum atomic E-state index is -0.880. The molecule has 5 nitrogen and oxygen atoms in total. The zero-order chi connectivity index (χ0) is 16.6. The van der Waals surface area contributed by atoms with Gasteiger partial charge >= 0.3 is 0 Å². The fraction of sp³-hybridized carbons (Fsp3) is 0.235. The van der Waals surface area contributed by atoms with Crippen molar-refractivity contribution in [1.82, 2.24) is 0 Å². The highest BCUT2D eigenvalue weighted by Crippen LogP contribution is 2.46. The molecule has 1 amide bonds. The SMILES string of the molecule is N#CCC1(c2ccccc2)CCc2c(sc(N)c2C(N)=O)C1=O. The van der Waals surface area contributed by atoms with E-state index in [9.17, 15) is 14.9 Å². The predicted molar refractivity (Wildman–Crippen MR) is 88.3 cm³/mol. The zero-order valence-corrected chi connectivity index (χ0v) is 13.2. The number of fused-ring (bicyclic) bond motifs is 1. The summed E-state index contributed by atoms with van der Waals surface area (Å²) in [5, 5.41) is 9.54. The number of hydrogen-bond donors (Lipinski definition) is 2. The van der Waals surface area contributed by atoms with Gasteiger partial charge in [-0.2, -0.15) is 5.26 Å². The van der Waals surface area contributed by atoms with Crippen molar-refractivity contribution in [2.24, 2.45) is 5.73 Å². The number of nitriles is 1. The Balaban J connectivity index is 2.18. The molecular weight excluding hydrogens is 310 g/mol. The quantitative estimate of drug-likeness (QED) is 0.902. The molecule has 0 saturated heterocycles. The number of Topliss-reactive ketones (excluding diaryl/α,β-unsaturated/α-hetero) is 1. The number of rotatable bonds is 3. The van der Waals surface area contributed by atoms with E-state index in [1.807, 2.05) is 30.3 Å². The number of ketones is 1. The highest BCUT2D eigenvalue weighted by molar-refractivity contribution is 7.18. The highest BCUT2D eigenvalue weighted by atomic mass is 32.1. The van der Waals surface area contributed by atoms with Gasteiger partial charge in [-0.15, -0.1) is 11.3 Å². The first-order valence-electron chi connectivity index (χ1n) is 7.19. The van der Waals surface area contributed by atoms with Crippen molar-refractivity contribution in [3.05, 3.63) is 51.9 Å². The van der Waals surface area contributed by atoms with Crippen molar-refractivity contribution in [3.8, 4) is 6.07 Å². The number of carbonyl (C=O) groups is 2. The molecule has 1 aromatic heterocycles. The van der Waals surface area contributed by atoms with Gasteiger partial charge < -0.3 is 11.5 Å². The van der Waals surface area contributed by atoms with Gasteiger partial charge in [0.05, 0.1) is 33.3 Å². The van der Waals surface area contributed by atoms with Gasteiger partial charge in [-0.05, 0) is 24.0 Å². The third-order valence-corrected chi connectivity index (χ3v) is 5.49. The Morgan fingerprint density at radius 3 is 2.65 bits per heavy atom. The number of anilines is 1. The molecule has 0 saturated carbocycles. The summed E-state index contributed by atoms with van der Waals surface area (Å²) in [6, 6.07) is 11.5. The van der Waals surface area contributed by atoms with Crippen LogP contribution in [0.2, 0.25) is 0 Å². The van der Waals surface area contributed by atoms with Crippen LogP contribution in [0.1, 0.15) is 44.0 Å². The van der Waals surface area contributed by atoms with E-state index >= 15 is 0 Å². The Morgan fingerprint density at radius 2 is 2.04 bits per heavy atom. The van der Waals surface area contributed by atoms with Crippen LogP contribution >= 0.6 is 11.3 Å². The summed E-state index contributed by atoms with van der Waals surface area (Å²) < 4.78 is 0. The first-order valence-corrected chi connectivity index (χ1v) is 8.01. The number of nitrogens with two attached hydrogens (primary N) is 2. The summed E-state index contributed by atoms with van der Waals surface area (Å²) in [6.07, 6.45) is 1.06. The third kappa shape index (κ3) is 2.21. The molecule has 1 heterocycles. The number of carbonyl (C=O) groups excluding carboxylic acids is 2. The zero-order valence-electron chi connectivity index (χ0n) is 12.3. The maximum atomic E-state index is 13.2. The number of amides is 1. The molecule has 0 spiro atoms. The van der Waals surface area contributed by atoms with E-state index in [1.165, 1.54) is 0 Å². The Hall–Kier alpha value is -2.65. The Labute approximate surface area is 137 Å². The van der Waals surface area contributed by atoms with E-state index in [0.717, 1.165) is 16.9 Å². The first-order chi connectivity index (χ1) is 11.0. The summed E-state index contributed by atoms with van der Waals surface area (Å²) in [4.78, 5) is 25.2. The number of nitrogen functional groups attached to an aromatic ring is 1. The second-order valence-electron chi connectivity index (χ2n) is 5.63. The molecular formula is C17H15N3O2S. The lowest BCUT2D eigenvalue weighted by Gasteiger charge is -2.34. The summed E-state index contributed by atoms with van der Waals surface area (Å²) in [5.74, 6) is -0.754. The summed E-state index contributed by atoms with van der Waals surface area (Å²) in [7, 11) is 0. The molecule has 1 aromatic carbocycles. The van der Waals surface area contributed by atoms with Gasteiger partial charge in [0.15, 0.2) is 5.78 Å². The number of nitrogens with zero attached hydrogens (tertiary/aromatic N) is 1. The second-order valence-corrected chi connectivity index (χ2v) is 6.68. The number of hydrogen-bond acceptors (Lipinski definition) is 5. The molecule has 116 valence electrons. The lowest BCUT2D eigenvalue weighted by molar-refractivity contribution is 0.0867. The van der Waals surface area contributed by atoms with E-state index in [1.54, 1.807) is 0 Å². The number of benzene rings is 1.